The average molecular weight is 988 g/mol. The van der Waals surface area contributed by atoms with Crippen molar-refractivity contribution in [2.24, 2.45) is 0 Å². The Kier molecular flexibility index (Phi) is 55.9. The van der Waals surface area contributed by atoms with E-state index in [2.05, 4.69) is 118 Å². The number of esters is 3. The van der Waals surface area contributed by atoms with E-state index >= 15 is 0 Å². The number of carbonyl (C=O) groups excluding carboxylic acids is 3. The zero-order valence-electron chi connectivity index (χ0n) is 46.5. The number of unbranched alkanes of at least 4 members (excludes halogenated alkanes) is 26. The number of hydrogen-bond acceptors (Lipinski definition) is 6. The second-order valence-electron chi connectivity index (χ2n) is 19.5. The van der Waals surface area contributed by atoms with Crippen LogP contribution in [0.5, 0.6) is 0 Å². The van der Waals surface area contributed by atoms with Gasteiger partial charge in [-0.15, -0.1) is 0 Å². The van der Waals surface area contributed by atoms with E-state index in [-0.39, 0.29) is 31.1 Å². The van der Waals surface area contributed by atoms with Crippen LogP contribution in [0.25, 0.3) is 0 Å². The molecule has 1 unspecified atom stereocenters. The molecule has 0 aromatic heterocycles. The fourth-order valence-electron chi connectivity index (χ4n) is 8.07. The van der Waals surface area contributed by atoms with Gasteiger partial charge in [-0.3, -0.25) is 14.4 Å². The molecule has 1 atom stereocenters. The number of hydrogen-bond donors (Lipinski definition) is 0. The molecule has 6 nitrogen and oxygen atoms in total. The third-order valence-electron chi connectivity index (χ3n) is 12.5. The first-order valence-electron chi connectivity index (χ1n) is 29.7. The third-order valence-corrected chi connectivity index (χ3v) is 12.5. The van der Waals surface area contributed by atoms with Gasteiger partial charge in [-0.2, -0.15) is 0 Å². The standard InChI is InChI=1S/C65H110O6/c1-4-7-10-13-16-19-22-24-26-27-28-29-30-31-32-33-34-35-36-37-39-40-43-46-49-52-55-58-64(67)70-61-62(60-69-63(66)57-54-51-48-45-42-21-18-15-12-9-6-3)71-65(68)59-56-53-50-47-44-41-38-25-23-20-17-14-11-8-5-2/h7,10,15-20,24-26,28-29,31-32,38,62H,4-6,8-9,11-14,21-23,27,30,33-37,39-61H2,1-3H3/b10-7-,18-15-,19-16-,20-17-,26-24-,29-28-,32-31-,38-25-. The van der Waals surface area contributed by atoms with E-state index in [0.717, 1.165) is 122 Å². The van der Waals surface area contributed by atoms with Crippen molar-refractivity contribution in [3.8, 4) is 0 Å². The highest BCUT2D eigenvalue weighted by molar-refractivity contribution is 5.71. The molecule has 0 aromatic rings. The van der Waals surface area contributed by atoms with Gasteiger partial charge in [-0.05, 0) is 116 Å². The SMILES string of the molecule is CC/C=C\C/C=C\C/C=C\C/C=C\C/C=C\CCCCCCCCCCCCCC(=O)OCC(COC(=O)CCCCCCC/C=C\CCCC)OC(=O)CCCCCCC/C=C\C/C=C\CCCCC. The van der Waals surface area contributed by atoms with Gasteiger partial charge in [0.15, 0.2) is 6.10 Å². The van der Waals surface area contributed by atoms with Gasteiger partial charge in [-0.1, -0.05) is 240 Å². The molecule has 0 saturated carbocycles. The summed E-state index contributed by atoms with van der Waals surface area (Å²) in [5.74, 6) is -0.910. The van der Waals surface area contributed by atoms with Gasteiger partial charge >= 0.3 is 17.9 Å². The smallest absolute Gasteiger partial charge is 0.306 e. The summed E-state index contributed by atoms with van der Waals surface area (Å²) in [7, 11) is 0. The topological polar surface area (TPSA) is 78.9 Å². The molecule has 0 fully saturated rings. The van der Waals surface area contributed by atoms with Crippen LogP contribution in [0.15, 0.2) is 97.2 Å². The number of carbonyl (C=O) groups is 3. The molecule has 0 rings (SSSR count). The minimum Gasteiger partial charge on any atom is -0.462 e. The third kappa shape index (κ3) is 57.1. The van der Waals surface area contributed by atoms with Crippen molar-refractivity contribution in [1.29, 1.82) is 0 Å². The van der Waals surface area contributed by atoms with Gasteiger partial charge in [0.05, 0.1) is 0 Å². The van der Waals surface area contributed by atoms with Crippen LogP contribution in [-0.2, 0) is 28.6 Å². The van der Waals surface area contributed by atoms with E-state index in [0.29, 0.717) is 19.3 Å². The highest BCUT2D eigenvalue weighted by Crippen LogP contribution is 2.15. The molecule has 0 aliphatic rings. The molecule has 0 amide bonds. The molecule has 0 aliphatic carbocycles. The lowest BCUT2D eigenvalue weighted by molar-refractivity contribution is -0.167. The van der Waals surface area contributed by atoms with Crippen LogP contribution in [0, 0.1) is 0 Å². The minimum absolute atomic E-state index is 0.0870. The summed E-state index contributed by atoms with van der Waals surface area (Å²) in [5.41, 5.74) is 0. The van der Waals surface area contributed by atoms with Gasteiger partial charge < -0.3 is 14.2 Å². The van der Waals surface area contributed by atoms with Crippen LogP contribution < -0.4 is 0 Å². The Balaban J connectivity index is 4.27. The Bertz CT molecular complexity index is 1410. The van der Waals surface area contributed by atoms with Gasteiger partial charge in [0, 0.05) is 19.3 Å². The summed E-state index contributed by atoms with van der Waals surface area (Å²) in [5, 5.41) is 0. The van der Waals surface area contributed by atoms with Gasteiger partial charge in [-0.25, -0.2) is 0 Å². The first-order valence-corrected chi connectivity index (χ1v) is 29.7. The molecule has 0 bridgehead atoms. The molecule has 0 N–H and O–H groups in total. The van der Waals surface area contributed by atoms with Crippen molar-refractivity contribution >= 4 is 17.9 Å². The van der Waals surface area contributed by atoms with Crippen molar-refractivity contribution in [2.75, 3.05) is 13.2 Å². The van der Waals surface area contributed by atoms with E-state index in [1.165, 1.54) is 116 Å². The Hall–Kier alpha value is -3.67. The first kappa shape index (κ1) is 67.3. The molecular weight excluding hydrogens is 877 g/mol. The Morgan fingerprint density at radius 2 is 0.563 bits per heavy atom. The van der Waals surface area contributed by atoms with Crippen LogP contribution in [0.2, 0.25) is 0 Å². The van der Waals surface area contributed by atoms with Crippen LogP contribution >= 0.6 is 0 Å². The molecular formula is C65H110O6. The number of ether oxygens (including phenoxy) is 3. The molecule has 6 heteroatoms. The lowest BCUT2D eigenvalue weighted by Gasteiger charge is -2.18. The quantitative estimate of drug-likeness (QED) is 0.0261. The summed E-state index contributed by atoms with van der Waals surface area (Å²) in [6.07, 6.45) is 78.3. The predicted molar refractivity (Wildman–Crippen MR) is 307 cm³/mol. The van der Waals surface area contributed by atoms with E-state index in [9.17, 15) is 14.4 Å². The molecule has 0 spiro atoms. The molecule has 0 saturated heterocycles. The summed E-state index contributed by atoms with van der Waals surface area (Å²) >= 11 is 0. The molecule has 0 aliphatic heterocycles. The van der Waals surface area contributed by atoms with E-state index < -0.39 is 6.10 Å². The van der Waals surface area contributed by atoms with Crippen LogP contribution in [-0.4, -0.2) is 37.2 Å². The van der Waals surface area contributed by atoms with Crippen LogP contribution in [0.4, 0.5) is 0 Å². The van der Waals surface area contributed by atoms with Crippen LogP contribution in [0.1, 0.15) is 278 Å². The number of rotatable bonds is 53. The first-order chi connectivity index (χ1) is 35.0. The lowest BCUT2D eigenvalue weighted by Crippen LogP contribution is -2.30. The monoisotopic (exact) mass is 987 g/mol. The fraction of sp³-hybridized carbons (Fsp3) is 0.708. The van der Waals surface area contributed by atoms with Crippen molar-refractivity contribution in [3.63, 3.8) is 0 Å². The van der Waals surface area contributed by atoms with Crippen molar-refractivity contribution in [2.45, 2.75) is 284 Å². The zero-order chi connectivity index (χ0) is 51.4. The second kappa shape index (κ2) is 58.9. The van der Waals surface area contributed by atoms with E-state index in [1.54, 1.807) is 0 Å². The molecule has 71 heavy (non-hydrogen) atoms. The van der Waals surface area contributed by atoms with Crippen molar-refractivity contribution in [1.82, 2.24) is 0 Å². The van der Waals surface area contributed by atoms with Gasteiger partial charge in [0.2, 0.25) is 0 Å². The molecule has 406 valence electrons. The van der Waals surface area contributed by atoms with Crippen molar-refractivity contribution < 1.29 is 28.6 Å². The largest absolute Gasteiger partial charge is 0.462 e. The predicted octanol–water partition coefficient (Wildman–Crippen LogP) is 20.1. The molecule has 0 radical (unpaired) electrons. The normalized spacial score (nSPS) is 12.8. The summed E-state index contributed by atoms with van der Waals surface area (Å²) in [4.78, 5) is 38.1. The average Bonchev–Trinajstić information content (AvgIpc) is 3.37. The Morgan fingerprint density at radius 3 is 0.915 bits per heavy atom. The fourth-order valence-corrected chi connectivity index (χ4v) is 8.07. The highest BCUT2D eigenvalue weighted by atomic mass is 16.6. The minimum atomic E-state index is -0.789. The Morgan fingerprint density at radius 1 is 0.296 bits per heavy atom. The maximum absolute atomic E-state index is 12.8. The second-order valence-corrected chi connectivity index (χ2v) is 19.5. The maximum Gasteiger partial charge on any atom is 0.306 e. The van der Waals surface area contributed by atoms with E-state index in [1.807, 2.05) is 0 Å². The maximum atomic E-state index is 12.8. The summed E-state index contributed by atoms with van der Waals surface area (Å²) in [6, 6.07) is 0. The molecule has 0 heterocycles. The zero-order valence-corrected chi connectivity index (χ0v) is 46.5. The summed E-state index contributed by atoms with van der Waals surface area (Å²) < 4.78 is 16.8. The van der Waals surface area contributed by atoms with E-state index in [4.69, 9.17) is 14.2 Å². The van der Waals surface area contributed by atoms with Crippen LogP contribution in [0.3, 0.4) is 0 Å². The Labute approximate surface area is 438 Å². The van der Waals surface area contributed by atoms with Gasteiger partial charge in [0.1, 0.15) is 13.2 Å². The summed E-state index contributed by atoms with van der Waals surface area (Å²) in [6.45, 7) is 6.45. The lowest BCUT2D eigenvalue weighted by atomic mass is 10.0. The van der Waals surface area contributed by atoms with Crippen molar-refractivity contribution in [3.05, 3.63) is 97.2 Å². The van der Waals surface area contributed by atoms with Gasteiger partial charge in [0.25, 0.3) is 0 Å². The molecule has 0 aromatic carbocycles. The highest BCUT2D eigenvalue weighted by Gasteiger charge is 2.19. The number of allylic oxidation sites excluding steroid dienone is 16.